The average molecular weight is 437 g/mol. The molecule has 0 atom stereocenters. The Morgan fingerprint density at radius 3 is 2.16 bits per heavy atom. The zero-order chi connectivity index (χ0) is 22.6. The van der Waals surface area contributed by atoms with Crippen LogP contribution < -0.4 is 5.69 Å². The Bertz CT molecular complexity index is 985. The summed E-state index contributed by atoms with van der Waals surface area (Å²) < 4.78 is 7.71. The van der Waals surface area contributed by atoms with Crippen molar-refractivity contribution in [1.82, 2.24) is 9.55 Å². The third-order valence-corrected chi connectivity index (χ3v) is 6.21. The lowest BCUT2D eigenvalue weighted by Gasteiger charge is -2.07. The van der Waals surface area contributed by atoms with E-state index in [2.05, 4.69) is 61.3 Å². The van der Waals surface area contributed by atoms with Crippen LogP contribution in [0.4, 0.5) is 0 Å². The third kappa shape index (κ3) is 7.09. The number of benzene rings is 2. The number of aromatic amines is 1. The number of hydrogen-bond acceptors (Lipinski definition) is 2. The fourth-order valence-corrected chi connectivity index (χ4v) is 4.23. The van der Waals surface area contributed by atoms with Crippen LogP contribution in [0.25, 0.3) is 22.2 Å². The summed E-state index contributed by atoms with van der Waals surface area (Å²) in [6, 6.07) is 14.8. The van der Waals surface area contributed by atoms with E-state index in [0.29, 0.717) is 6.61 Å². The number of imidazole rings is 1. The predicted molar refractivity (Wildman–Crippen MR) is 135 cm³/mol. The molecule has 1 heterocycles. The number of aryl methyl sites for hydroxylation is 1. The van der Waals surface area contributed by atoms with Gasteiger partial charge in [-0.2, -0.15) is 0 Å². The molecule has 0 spiro atoms. The number of hydrogen-bond donors (Lipinski definition) is 1. The Morgan fingerprint density at radius 1 is 0.781 bits per heavy atom. The first kappa shape index (κ1) is 24.3. The van der Waals surface area contributed by atoms with Crippen LogP contribution in [0.3, 0.4) is 0 Å². The summed E-state index contributed by atoms with van der Waals surface area (Å²) in [7, 11) is 0. The zero-order valence-electron chi connectivity index (χ0n) is 20.0. The molecule has 0 unspecified atom stereocenters. The fraction of sp³-hybridized carbons (Fsp3) is 0.536. The van der Waals surface area contributed by atoms with Crippen molar-refractivity contribution in [3.8, 4) is 11.1 Å². The number of unbranched alkanes of at least 4 members (excludes halogenated alkanes) is 8. The highest BCUT2D eigenvalue weighted by Crippen LogP contribution is 2.24. The lowest BCUT2D eigenvalue weighted by Crippen LogP contribution is -2.16. The van der Waals surface area contributed by atoms with Gasteiger partial charge in [-0.25, -0.2) is 4.79 Å². The van der Waals surface area contributed by atoms with Gasteiger partial charge in [0.1, 0.15) is 0 Å². The molecule has 174 valence electrons. The maximum atomic E-state index is 12.4. The standard InChI is InChI=1S/C28H40N2O2/c1-3-5-7-9-11-19-30-27-18-17-25(21-26(27)29-28(30)31)24-15-13-23(14-16-24)22-32-20-12-10-8-6-4-2/h13-18,21H,3-12,19-20,22H2,1-2H3,(H,29,31). The summed E-state index contributed by atoms with van der Waals surface area (Å²) in [5.41, 5.74) is 5.39. The molecule has 0 fully saturated rings. The van der Waals surface area contributed by atoms with Gasteiger partial charge in [0.05, 0.1) is 17.6 Å². The van der Waals surface area contributed by atoms with E-state index in [1.54, 1.807) is 0 Å². The van der Waals surface area contributed by atoms with Crippen LogP contribution in [-0.4, -0.2) is 16.2 Å². The summed E-state index contributed by atoms with van der Waals surface area (Å²) >= 11 is 0. The van der Waals surface area contributed by atoms with Crippen LogP contribution in [0, 0.1) is 0 Å². The van der Waals surface area contributed by atoms with Crippen molar-refractivity contribution in [1.29, 1.82) is 0 Å². The van der Waals surface area contributed by atoms with E-state index in [9.17, 15) is 4.79 Å². The van der Waals surface area contributed by atoms with Crippen LogP contribution >= 0.6 is 0 Å². The molecule has 0 bridgehead atoms. The number of nitrogens with one attached hydrogen (secondary N) is 1. The first-order chi connectivity index (χ1) is 15.7. The van der Waals surface area contributed by atoms with E-state index in [4.69, 9.17) is 4.74 Å². The molecule has 4 heteroatoms. The molecule has 0 aliphatic carbocycles. The van der Waals surface area contributed by atoms with E-state index in [1.807, 2.05) is 4.57 Å². The van der Waals surface area contributed by atoms with E-state index < -0.39 is 0 Å². The second-order valence-corrected chi connectivity index (χ2v) is 8.89. The molecule has 1 N–H and O–H groups in total. The number of H-pyrrole nitrogens is 1. The summed E-state index contributed by atoms with van der Waals surface area (Å²) in [5, 5.41) is 0. The summed E-state index contributed by atoms with van der Waals surface area (Å²) in [6.07, 6.45) is 12.3. The Balaban J connectivity index is 1.55. The lowest BCUT2D eigenvalue weighted by atomic mass is 10.0. The van der Waals surface area contributed by atoms with Gasteiger partial charge in [0.2, 0.25) is 0 Å². The molecule has 0 aliphatic heterocycles. The van der Waals surface area contributed by atoms with Crippen molar-refractivity contribution < 1.29 is 4.74 Å². The number of rotatable bonds is 15. The van der Waals surface area contributed by atoms with Crippen molar-refractivity contribution in [2.75, 3.05) is 6.61 Å². The monoisotopic (exact) mass is 436 g/mol. The van der Waals surface area contributed by atoms with Gasteiger partial charge in [0.25, 0.3) is 0 Å². The SMILES string of the molecule is CCCCCCCOCc1ccc(-c2ccc3c(c2)[nH]c(=O)n3CCCCCCC)cc1. The third-order valence-electron chi connectivity index (χ3n) is 6.21. The van der Waals surface area contributed by atoms with Crippen LogP contribution in [0.5, 0.6) is 0 Å². The molecule has 0 saturated heterocycles. The average Bonchev–Trinajstić information content (AvgIpc) is 3.13. The predicted octanol–water partition coefficient (Wildman–Crippen LogP) is 7.45. The molecule has 1 aromatic heterocycles. The summed E-state index contributed by atoms with van der Waals surface area (Å²) in [5.74, 6) is 0. The Kier molecular flexibility index (Phi) is 10.1. The highest BCUT2D eigenvalue weighted by atomic mass is 16.5. The van der Waals surface area contributed by atoms with Crippen molar-refractivity contribution in [2.45, 2.75) is 91.2 Å². The normalized spacial score (nSPS) is 11.4. The van der Waals surface area contributed by atoms with Gasteiger partial charge in [-0.05, 0) is 41.7 Å². The number of aromatic nitrogens is 2. The van der Waals surface area contributed by atoms with Gasteiger partial charge >= 0.3 is 5.69 Å². The minimum atomic E-state index is -0.00478. The highest BCUT2D eigenvalue weighted by molar-refractivity contribution is 5.82. The van der Waals surface area contributed by atoms with Crippen LogP contribution in [0.1, 0.15) is 83.6 Å². The maximum Gasteiger partial charge on any atom is 0.326 e. The van der Waals surface area contributed by atoms with Gasteiger partial charge in [-0.1, -0.05) is 95.5 Å². The van der Waals surface area contributed by atoms with Gasteiger partial charge < -0.3 is 9.72 Å². The molecule has 0 aliphatic rings. The minimum Gasteiger partial charge on any atom is -0.377 e. The fourth-order valence-electron chi connectivity index (χ4n) is 4.23. The first-order valence-corrected chi connectivity index (χ1v) is 12.6. The number of fused-ring (bicyclic) bond motifs is 1. The van der Waals surface area contributed by atoms with E-state index in [-0.39, 0.29) is 5.69 Å². The van der Waals surface area contributed by atoms with E-state index >= 15 is 0 Å². The second-order valence-electron chi connectivity index (χ2n) is 8.89. The zero-order valence-corrected chi connectivity index (χ0v) is 20.0. The molecule has 0 amide bonds. The van der Waals surface area contributed by atoms with Gasteiger partial charge in [-0.15, -0.1) is 0 Å². The molecule has 0 saturated carbocycles. The Morgan fingerprint density at radius 2 is 1.44 bits per heavy atom. The molecule has 32 heavy (non-hydrogen) atoms. The topological polar surface area (TPSA) is 47.0 Å². The van der Waals surface area contributed by atoms with Crippen LogP contribution in [0.2, 0.25) is 0 Å². The number of nitrogens with zero attached hydrogens (tertiary/aromatic N) is 1. The summed E-state index contributed by atoms with van der Waals surface area (Å²) in [6.45, 7) is 6.76. The van der Waals surface area contributed by atoms with Gasteiger partial charge in [0, 0.05) is 13.2 Å². The molecule has 3 aromatic rings. The molecule has 2 aromatic carbocycles. The first-order valence-electron chi connectivity index (χ1n) is 12.6. The molecule has 3 rings (SSSR count). The Hall–Kier alpha value is -2.33. The maximum absolute atomic E-state index is 12.4. The van der Waals surface area contributed by atoms with Crippen molar-refractivity contribution >= 4 is 11.0 Å². The highest BCUT2D eigenvalue weighted by Gasteiger charge is 2.08. The second kappa shape index (κ2) is 13.3. The lowest BCUT2D eigenvalue weighted by molar-refractivity contribution is 0.116. The quantitative estimate of drug-likeness (QED) is 0.251. The smallest absolute Gasteiger partial charge is 0.326 e. The van der Waals surface area contributed by atoms with E-state index in [0.717, 1.165) is 48.2 Å². The largest absolute Gasteiger partial charge is 0.377 e. The van der Waals surface area contributed by atoms with Crippen molar-refractivity contribution in [3.05, 3.63) is 58.5 Å². The molecule has 4 nitrogen and oxygen atoms in total. The van der Waals surface area contributed by atoms with Crippen LogP contribution in [0.15, 0.2) is 47.3 Å². The summed E-state index contributed by atoms with van der Waals surface area (Å²) in [4.78, 5) is 15.5. The Labute approximate surface area is 193 Å². The van der Waals surface area contributed by atoms with Gasteiger partial charge in [-0.3, -0.25) is 4.57 Å². The van der Waals surface area contributed by atoms with E-state index in [1.165, 1.54) is 56.9 Å². The van der Waals surface area contributed by atoms with Crippen molar-refractivity contribution in [3.63, 3.8) is 0 Å². The molecular weight excluding hydrogens is 396 g/mol. The molecular formula is C28H40N2O2. The van der Waals surface area contributed by atoms with Crippen LogP contribution in [-0.2, 0) is 17.9 Å². The van der Waals surface area contributed by atoms with Gasteiger partial charge in [0.15, 0.2) is 0 Å². The van der Waals surface area contributed by atoms with Crippen molar-refractivity contribution in [2.24, 2.45) is 0 Å². The minimum absolute atomic E-state index is 0.00478. The number of ether oxygens (including phenoxy) is 1. The molecule has 0 radical (unpaired) electrons.